The Kier molecular flexibility index (Phi) is 3.70. The molecule has 0 saturated carbocycles. The highest BCUT2D eigenvalue weighted by Gasteiger charge is 2.34. The van der Waals surface area contributed by atoms with Crippen molar-refractivity contribution in [2.75, 3.05) is 18.5 Å². The van der Waals surface area contributed by atoms with Gasteiger partial charge in [0, 0.05) is 0 Å². The first kappa shape index (κ1) is 12.7. The average Bonchev–Trinajstić information content (AvgIpc) is 2.80. The summed E-state index contributed by atoms with van der Waals surface area (Å²) in [5, 5.41) is 21.2. The molecule has 5 nitrogen and oxygen atoms in total. The number of aliphatic carboxylic acids is 1. The minimum atomic E-state index is -0.894. The van der Waals surface area contributed by atoms with E-state index in [1.165, 1.54) is 6.07 Å². The Hall–Kier alpha value is -1.77. The molecule has 2 rings (SSSR count). The predicted molar refractivity (Wildman–Crippen MR) is 65.5 cm³/mol. The lowest BCUT2D eigenvalue weighted by Gasteiger charge is -2.17. The van der Waals surface area contributed by atoms with E-state index in [2.05, 4.69) is 5.32 Å². The summed E-state index contributed by atoms with van der Waals surface area (Å²) in [6.07, 6.45) is 0. The average molecular weight is 267 g/mol. The standard InChI is InChI=1S/C12H11ClN2O3/c13-9-3-7(4-14)1-2-10(9)15-11-6-18-5-8(11)12(16)17/h1-3,8,11,15H,5-6H2,(H,16,17). The number of anilines is 1. The van der Waals surface area contributed by atoms with Crippen molar-refractivity contribution in [2.24, 2.45) is 5.92 Å². The molecule has 1 aromatic carbocycles. The van der Waals surface area contributed by atoms with E-state index >= 15 is 0 Å². The van der Waals surface area contributed by atoms with Crippen LogP contribution in [0.5, 0.6) is 0 Å². The molecule has 0 aromatic heterocycles. The van der Waals surface area contributed by atoms with Crippen molar-refractivity contribution in [1.82, 2.24) is 0 Å². The minimum absolute atomic E-state index is 0.195. The molecular formula is C12H11ClN2O3. The quantitative estimate of drug-likeness (QED) is 0.870. The predicted octanol–water partition coefficient (Wildman–Crippen LogP) is 1.72. The van der Waals surface area contributed by atoms with Crippen molar-refractivity contribution >= 4 is 23.3 Å². The maximum atomic E-state index is 11.0. The molecule has 2 N–H and O–H groups in total. The molecule has 1 fully saturated rings. The van der Waals surface area contributed by atoms with Crippen LogP contribution in [0.2, 0.25) is 5.02 Å². The number of hydrogen-bond donors (Lipinski definition) is 2. The Bertz CT molecular complexity index is 513. The zero-order valence-electron chi connectivity index (χ0n) is 9.39. The number of carboxylic acid groups (broad SMARTS) is 1. The van der Waals surface area contributed by atoms with Gasteiger partial charge in [-0.15, -0.1) is 0 Å². The number of rotatable bonds is 3. The first-order chi connectivity index (χ1) is 8.61. The fourth-order valence-corrected chi connectivity index (χ4v) is 2.08. The van der Waals surface area contributed by atoms with Crippen molar-refractivity contribution in [2.45, 2.75) is 6.04 Å². The number of hydrogen-bond acceptors (Lipinski definition) is 4. The van der Waals surface area contributed by atoms with E-state index < -0.39 is 11.9 Å². The molecular weight excluding hydrogens is 256 g/mol. The van der Waals surface area contributed by atoms with E-state index in [1.54, 1.807) is 12.1 Å². The molecule has 0 bridgehead atoms. The first-order valence-electron chi connectivity index (χ1n) is 5.38. The maximum absolute atomic E-state index is 11.0. The number of carboxylic acids is 1. The molecule has 1 saturated heterocycles. The third-order valence-electron chi connectivity index (χ3n) is 2.84. The lowest BCUT2D eigenvalue weighted by molar-refractivity contribution is -0.141. The molecule has 1 aromatic rings. The van der Waals surface area contributed by atoms with Crippen molar-refractivity contribution in [3.63, 3.8) is 0 Å². The molecule has 0 aliphatic carbocycles. The van der Waals surface area contributed by atoms with E-state index in [1.807, 2.05) is 6.07 Å². The topological polar surface area (TPSA) is 82.3 Å². The van der Waals surface area contributed by atoms with Gasteiger partial charge in [-0.25, -0.2) is 0 Å². The second-order valence-electron chi connectivity index (χ2n) is 4.04. The molecule has 0 amide bonds. The van der Waals surface area contributed by atoms with Crippen LogP contribution in [0.25, 0.3) is 0 Å². The summed E-state index contributed by atoms with van der Waals surface area (Å²) in [6, 6.07) is 6.50. The summed E-state index contributed by atoms with van der Waals surface area (Å²) in [5.41, 5.74) is 1.07. The van der Waals surface area contributed by atoms with Crippen LogP contribution in [0.1, 0.15) is 5.56 Å². The van der Waals surface area contributed by atoms with Gasteiger partial charge < -0.3 is 15.2 Å². The van der Waals surface area contributed by atoms with Crippen LogP contribution in [0.4, 0.5) is 5.69 Å². The third-order valence-corrected chi connectivity index (χ3v) is 3.15. The lowest BCUT2D eigenvalue weighted by atomic mass is 10.0. The monoisotopic (exact) mass is 266 g/mol. The van der Waals surface area contributed by atoms with Gasteiger partial charge in [-0.05, 0) is 18.2 Å². The normalized spacial score (nSPS) is 22.4. The van der Waals surface area contributed by atoms with E-state index in [0.29, 0.717) is 22.9 Å². The zero-order valence-corrected chi connectivity index (χ0v) is 10.1. The van der Waals surface area contributed by atoms with Gasteiger partial charge in [0.25, 0.3) is 0 Å². The second-order valence-corrected chi connectivity index (χ2v) is 4.45. The van der Waals surface area contributed by atoms with E-state index in [9.17, 15) is 4.79 Å². The van der Waals surface area contributed by atoms with Gasteiger partial charge in [0.05, 0.1) is 41.6 Å². The highest BCUT2D eigenvalue weighted by Crippen LogP contribution is 2.26. The van der Waals surface area contributed by atoms with Gasteiger partial charge in [-0.2, -0.15) is 5.26 Å². The smallest absolute Gasteiger partial charge is 0.311 e. The van der Waals surface area contributed by atoms with Gasteiger partial charge in [-0.1, -0.05) is 11.6 Å². The zero-order chi connectivity index (χ0) is 13.1. The highest BCUT2D eigenvalue weighted by molar-refractivity contribution is 6.33. The van der Waals surface area contributed by atoms with Crippen molar-refractivity contribution in [3.05, 3.63) is 28.8 Å². The number of halogens is 1. The molecule has 0 radical (unpaired) electrons. The Morgan fingerprint density at radius 1 is 1.56 bits per heavy atom. The van der Waals surface area contributed by atoms with Gasteiger partial charge >= 0.3 is 5.97 Å². The van der Waals surface area contributed by atoms with Crippen molar-refractivity contribution < 1.29 is 14.6 Å². The summed E-state index contributed by atoms with van der Waals surface area (Å²) < 4.78 is 5.15. The molecule has 2 unspecified atom stereocenters. The summed E-state index contributed by atoms with van der Waals surface area (Å²) >= 11 is 6.01. The van der Waals surface area contributed by atoms with Crippen LogP contribution < -0.4 is 5.32 Å². The number of nitrogens with one attached hydrogen (secondary N) is 1. The van der Waals surface area contributed by atoms with Gasteiger partial charge in [0.15, 0.2) is 0 Å². The van der Waals surface area contributed by atoms with Crippen LogP contribution in [-0.2, 0) is 9.53 Å². The molecule has 1 aliphatic rings. The molecule has 1 aliphatic heterocycles. The van der Waals surface area contributed by atoms with E-state index in [4.69, 9.17) is 26.7 Å². The van der Waals surface area contributed by atoms with Crippen LogP contribution in [0, 0.1) is 17.2 Å². The Balaban J connectivity index is 2.14. The first-order valence-corrected chi connectivity index (χ1v) is 5.76. The SMILES string of the molecule is N#Cc1ccc(NC2COCC2C(=O)O)c(Cl)c1. The fourth-order valence-electron chi connectivity index (χ4n) is 1.84. The molecule has 2 atom stereocenters. The Labute approximate surface area is 109 Å². The van der Waals surface area contributed by atoms with Crippen LogP contribution in [0.15, 0.2) is 18.2 Å². The van der Waals surface area contributed by atoms with Gasteiger partial charge in [0.2, 0.25) is 0 Å². The molecule has 94 valence electrons. The van der Waals surface area contributed by atoms with Crippen molar-refractivity contribution in [3.8, 4) is 6.07 Å². The maximum Gasteiger partial charge on any atom is 0.311 e. The van der Waals surface area contributed by atoms with Crippen molar-refractivity contribution in [1.29, 1.82) is 5.26 Å². The third kappa shape index (κ3) is 2.55. The summed E-state index contributed by atoms with van der Waals surface area (Å²) in [6.45, 7) is 0.522. The fraction of sp³-hybridized carbons (Fsp3) is 0.333. The molecule has 6 heteroatoms. The summed E-state index contributed by atoms with van der Waals surface area (Å²) in [5.74, 6) is -1.48. The van der Waals surface area contributed by atoms with Crippen LogP contribution >= 0.6 is 11.6 Å². The van der Waals surface area contributed by atoms with E-state index in [0.717, 1.165) is 0 Å². The summed E-state index contributed by atoms with van der Waals surface area (Å²) in [4.78, 5) is 11.0. The summed E-state index contributed by atoms with van der Waals surface area (Å²) in [7, 11) is 0. The number of carbonyl (C=O) groups is 1. The van der Waals surface area contributed by atoms with E-state index in [-0.39, 0.29) is 12.6 Å². The number of benzene rings is 1. The highest BCUT2D eigenvalue weighted by atomic mass is 35.5. The van der Waals surface area contributed by atoms with Crippen LogP contribution in [-0.4, -0.2) is 30.3 Å². The van der Waals surface area contributed by atoms with Crippen LogP contribution in [0.3, 0.4) is 0 Å². The van der Waals surface area contributed by atoms with Gasteiger partial charge in [0.1, 0.15) is 5.92 Å². The second kappa shape index (κ2) is 5.25. The Morgan fingerprint density at radius 3 is 2.94 bits per heavy atom. The minimum Gasteiger partial charge on any atom is -0.481 e. The van der Waals surface area contributed by atoms with Gasteiger partial charge in [-0.3, -0.25) is 4.79 Å². The molecule has 18 heavy (non-hydrogen) atoms. The number of nitriles is 1. The molecule has 0 spiro atoms. The number of ether oxygens (including phenoxy) is 1. The molecule has 1 heterocycles. The number of nitrogens with zero attached hydrogens (tertiary/aromatic N) is 1. The largest absolute Gasteiger partial charge is 0.481 e. The lowest BCUT2D eigenvalue weighted by Crippen LogP contribution is -2.33. The Morgan fingerprint density at radius 2 is 2.33 bits per heavy atom.